The molecule has 0 unspecified atom stereocenters. The third-order valence-electron chi connectivity index (χ3n) is 6.57. The zero-order valence-corrected chi connectivity index (χ0v) is 19.6. The van der Waals surface area contributed by atoms with Crippen molar-refractivity contribution in [2.45, 2.75) is 19.3 Å². The molecule has 0 heterocycles. The zero-order valence-electron chi connectivity index (χ0n) is 19.6. The van der Waals surface area contributed by atoms with E-state index in [9.17, 15) is 0 Å². The van der Waals surface area contributed by atoms with Gasteiger partial charge in [-0.2, -0.15) is 0 Å². The SMILES string of the molecule is CC1(C)c2ccccc2-c2ccc(Nc3ccc(C(=N)OC(=N)c4ccccc4)cc3)c(C=N)c21. The molecule has 0 aromatic heterocycles. The summed E-state index contributed by atoms with van der Waals surface area (Å²) in [6, 6.07) is 29.0. The first kappa shape index (κ1) is 22.3. The lowest BCUT2D eigenvalue weighted by molar-refractivity contribution is 0.538. The fourth-order valence-corrected chi connectivity index (χ4v) is 4.84. The van der Waals surface area contributed by atoms with E-state index in [1.165, 1.54) is 22.9 Å². The van der Waals surface area contributed by atoms with Crippen LogP contribution in [0.1, 0.15) is 41.7 Å². The highest BCUT2D eigenvalue weighted by Crippen LogP contribution is 2.51. The Morgan fingerprint density at radius 1 is 0.743 bits per heavy atom. The van der Waals surface area contributed by atoms with Crippen LogP contribution in [-0.4, -0.2) is 18.0 Å². The summed E-state index contributed by atoms with van der Waals surface area (Å²) >= 11 is 0. The second-order valence-electron chi connectivity index (χ2n) is 9.09. The second kappa shape index (κ2) is 8.69. The Morgan fingerprint density at radius 3 is 2.06 bits per heavy atom. The van der Waals surface area contributed by atoms with Crippen LogP contribution in [-0.2, 0) is 10.2 Å². The predicted octanol–water partition coefficient (Wildman–Crippen LogP) is 7.10. The lowest BCUT2D eigenvalue weighted by Crippen LogP contribution is -2.18. The number of ether oxygens (including phenoxy) is 1. The molecule has 0 saturated heterocycles. The van der Waals surface area contributed by atoms with E-state index in [0.717, 1.165) is 22.5 Å². The van der Waals surface area contributed by atoms with Gasteiger partial charge in [-0.3, -0.25) is 10.8 Å². The summed E-state index contributed by atoms with van der Waals surface area (Å²) < 4.78 is 5.44. The van der Waals surface area contributed by atoms with E-state index in [0.29, 0.717) is 11.1 Å². The molecule has 5 heteroatoms. The maximum Gasteiger partial charge on any atom is 0.221 e. The smallest absolute Gasteiger partial charge is 0.221 e. The van der Waals surface area contributed by atoms with Gasteiger partial charge in [0.05, 0.1) is 0 Å². The van der Waals surface area contributed by atoms with Crippen LogP contribution in [0.5, 0.6) is 0 Å². The van der Waals surface area contributed by atoms with Crippen LogP contribution in [0.2, 0.25) is 0 Å². The summed E-state index contributed by atoms with van der Waals surface area (Å²) in [5.41, 5.74) is 8.42. The molecule has 0 aliphatic heterocycles. The molecular weight excluding hydrogens is 432 g/mol. The number of benzene rings is 4. The molecule has 0 radical (unpaired) electrons. The minimum atomic E-state index is -0.198. The van der Waals surface area contributed by atoms with E-state index >= 15 is 0 Å². The van der Waals surface area contributed by atoms with E-state index in [1.807, 2.05) is 36.4 Å². The fourth-order valence-electron chi connectivity index (χ4n) is 4.84. The van der Waals surface area contributed by atoms with Gasteiger partial charge in [-0.15, -0.1) is 0 Å². The van der Waals surface area contributed by atoms with Crippen molar-refractivity contribution in [2.24, 2.45) is 0 Å². The summed E-state index contributed by atoms with van der Waals surface area (Å²) in [5, 5.41) is 28.0. The number of hydrogen-bond donors (Lipinski definition) is 4. The van der Waals surface area contributed by atoms with E-state index < -0.39 is 0 Å². The number of nitrogens with one attached hydrogen (secondary N) is 4. The van der Waals surface area contributed by atoms with Crippen molar-refractivity contribution in [2.75, 3.05) is 5.32 Å². The normalized spacial score (nSPS) is 12.9. The van der Waals surface area contributed by atoms with Crippen molar-refractivity contribution >= 4 is 29.4 Å². The molecule has 5 nitrogen and oxygen atoms in total. The molecule has 0 fully saturated rings. The molecule has 4 aromatic rings. The van der Waals surface area contributed by atoms with Crippen LogP contribution in [0.25, 0.3) is 11.1 Å². The molecular formula is C30H26N4O. The van der Waals surface area contributed by atoms with Gasteiger partial charge >= 0.3 is 0 Å². The number of hydrogen-bond acceptors (Lipinski definition) is 5. The first-order valence-corrected chi connectivity index (χ1v) is 11.5. The highest BCUT2D eigenvalue weighted by molar-refractivity contribution is 6.05. The molecule has 5 rings (SSSR count). The third kappa shape index (κ3) is 3.91. The Morgan fingerprint density at radius 2 is 1.37 bits per heavy atom. The summed E-state index contributed by atoms with van der Waals surface area (Å²) in [6.45, 7) is 4.42. The quantitative estimate of drug-likeness (QED) is 0.190. The molecule has 35 heavy (non-hydrogen) atoms. The van der Waals surface area contributed by atoms with Crippen LogP contribution in [0, 0.1) is 16.2 Å². The Kier molecular flexibility index (Phi) is 5.53. The lowest BCUT2D eigenvalue weighted by atomic mass is 9.80. The summed E-state index contributed by atoms with van der Waals surface area (Å²) in [7, 11) is 0. The molecule has 1 aliphatic carbocycles. The lowest BCUT2D eigenvalue weighted by Gasteiger charge is -2.24. The highest BCUT2D eigenvalue weighted by atomic mass is 16.5. The van der Waals surface area contributed by atoms with Gasteiger partial charge in [-0.05, 0) is 64.7 Å². The third-order valence-corrected chi connectivity index (χ3v) is 6.57. The topological polar surface area (TPSA) is 92.8 Å². The first-order valence-electron chi connectivity index (χ1n) is 11.5. The Hall–Kier alpha value is -4.51. The molecule has 0 amide bonds. The van der Waals surface area contributed by atoms with Gasteiger partial charge in [0.2, 0.25) is 11.8 Å². The van der Waals surface area contributed by atoms with Crippen molar-refractivity contribution in [1.82, 2.24) is 0 Å². The van der Waals surface area contributed by atoms with Gasteiger partial charge in [0.25, 0.3) is 0 Å². The molecule has 4 aromatic carbocycles. The van der Waals surface area contributed by atoms with E-state index in [-0.39, 0.29) is 17.2 Å². The van der Waals surface area contributed by atoms with Crippen molar-refractivity contribution in [3.8, 4) is 11.1 Å². The maximum absolute atomic E-state index is 8.24. The predicted molar refractivity (Wildman–Crippen MR) is 143 cm³/mol. The number of fused-ring (bicyclic) bond motifs is 3. The molecule has 0 saturated carbocycles. The molecule has 0 bridgehead atoms. The van der Waals surface area contributed by atoms with Crippen LogP contribution < -0.4 is 5.32 Å². The minimum Gasteiger partial charge on any atom is -0.421 e. The summed E-state index contributed by atoms with van der Waals surface area (Å²) in [4.78, 5) is 0. The average Bonchev–Trinajstić information content (AvgIpc) is 3.12. The van der Waals surface area contributed by atoms with Gasteiger partial charge in [0, 0.05) is 39.7 Å². The summed E-state index contributed by atoms with van der Waals surface area (Å²) in [6.07, 6.45) is 1.43. The molecule has 4 N–H and O–H groups in total. The number of rotatable bonds is 5. The Labute approximate surface area is 205 Å². The van der Waals surface area contributed by atoms with Crippen molar-refractivity contribution in [3.63, 3.8) is 0 Å². The van der Waals surface area contributed by atoms with Crippen molar-refractivity contribution in [3.05, 3.63) is 119 Å². The summed E-state index contributed by atoms with van der Waals surface area (Å²) in [5.74, 6) is -0.141. The van der Waals surface area contributed by atoms with Crippen molar-refractivity contribution in [1.29, 1.82) is 16.2 Å². The molecule has 0 spiro atoms. The van der Waals surface area contributed by atoms with Gasteiger partial charge in [-0.25, -0.2) is 0 Å². The monoisotopic (exact) mass is 458 g/mol. The maximum atomic E-state index is 8.24. The molecule has 1 aliphatic rings. The molecule has 0 atom stereocenters. The highest BCUT2D eigenvalue weighted by Gasteiger charge is 2.37. The minimum absolute atomic E-state index is 0.0600. The Bertz CT molecular complexity index is 1450. The van der Waals surface area contributed by atoms with Crippen molar-refractivity contribution < 1.29 is 4.74 Å². The van der Waals surface area contributed by atoms with Gasteiger partial charge in [0.1, 0.15) is 0 Å². The Balaban J connectivity index is 1.38. The van der Waals surface area contributed by atoms with E-state index in [1.54, 1.807) is 24.3 Å². The van der Waals surface area contributed by atoms with Crippen LogP contribution >= 0.6 is 0 Å². The van der Waals surface area contributed by atoms with Gasteiger partial charge < -0.3 is 15.5 Å². The number of anilines is 2. The average molecular weight is 459 g/mol. The van der Waals surface area contributed by atoms with Crippen LogP contribution in [0.4, 0.5) is 11.4 Å². The molecule has 172 valence electrons. The van der Waals surface area contributed by atoms with Crippen LogP contribution in [0.3, 0.4) is 0 Å². The van der Waals surface area contributed by atoms with Gasteiger partial charge in [0.15, 0.2) is 0 Å². The second-order valence-corrected chi connectivity index (χ2v) is 9.09. The largest absolute Gasteiger partial charge is 0.421 e. The van der Waals surface area contributed by atoms with Crippen LogP contribution in [0.15, 0.2) is 91.0 Å². The van der Waals surface area contributed by atoms with Gasteiger partial charge in [-0.1, -0.05) is 62.4 Å². The fraction of sp³-hybridized carbons (Fsp3) is 0.100. The van der Waals surface area contributed by atoms with E-state index in [4.69, 9.17) is 21.0 Å². The zero-order chi connectivity index (χ0) is 24.6. The van der Waals surface area contributed by atoms with E-state index in [2.05, 4.69) is 49.5 Å². The standard InChI is InChI=1S/C30H26N4O/c1-30(2)25-11-7-6-10-22(25)23-16-17-26(24(18-31)27(23)30)34-21-14-12-20(13-15-21)29(33)35-28(32)19-8-4-3-5-9-19/h3-18,31-34H,1-2H3. The first-order chi connectivity index (χ1) is 16.9.